The van der Waals surface area contributed by atoms with Crippen molar-refractivity contribution in [2.75, 3.05) is 0 Å². The van der Waals surface area contributed by atoms with Gasteiger partial charge in [0.25, 0.3) is 10.1 Å². The second-order valence-electron chi connectivity index (χ2n) is 4.45. The van der Waals surface area contributed by atoms with E-state index in [2.05, 4.69) is 0 Å². The summed E-state index contributed by atoms with van der Waals surface area (Å²) in [6, 6.07) is 7.01. The predicted octanol–water partition coefficient (Wildman–Crippen LogP) is 1.03. The molecule has 2 rings (SSSR count). The van der Waals surface area contributed by atoms with E-state index in [-0.39, 0.29) is 0 Å². The molecule has 1 aromatic rings. The molecule has 0 saturated carbocycles. The number of carbonyl (C=O) groups excluding carboxylic acids is 1. The molecule has 2 N–H and O–H groups in total. The minimum atomic E-state index is -4.86. The van der Waals surface area contributed by atoms with Gasteiger partial charge in [-0.1, -0.05) is 30.3 Å². The number of ether oxygens (including phenoxy) is 1. The number of carboxylic acid groups (broad SMARTS) is 1. The minimum Gasteiger partial charge on any atom is -0.481 e. The van der Waals surface area contributed by atoms with Gasteiger partial charge in [-0.3, -0.25) is 14.1 Å². The van der Waals surface area contributed by atoms with Gasteiger partial charge in [0.1, 0.15) is 6.10 Å². The quantitative estimate of drug-likeness (QED) is 0.615. The number of benzene rings is 1. The standard InChI is InChI=1S/C13H12O7S/c14-12(15)7-11(21(17,18)19)13(16)20-10-6-5-8-3-1-2-4-9(8)10/h1-6,10-11H,7H2,(H,14,15)(H,17,18,19). The Labute approximate surface area is 120 Å². The molecule has 1 aliphatic rings. The summed E-state index contributed by atoms with van der Waals surface area (Å²) >= 11 is 0. The molecule has 0 aromatic heterocycles. The molecule has 8 heteroatoms. The zero-order chi connectivity index (χ0) is 15.6. The van der Waals surface area contributed by atoms with Crippen LogP contribution in [0.3, 0.4) is 0 Å². The topological polar surface area (TPSA) is 118 Å². The maximum Gasteiger partial charge on any atom is 0.328 e. The van der Waals surface area contributed by atoms with Crippen LogP contribution in [0.2, 0.25) is 0 Å². The first-order chi connectivity index (χ1) is 9.79. The summed E-state index contributed by atoms with van der Waals surface area (Å²) in [5, 5.41) is 6.47. The fourth-order valence-corrected chi connectivity index (χ4v) is 2.64. The van der Waals surface area contributed by atoms with Gasteiger partial charge in [-0.25, -0.2) is 0 Å². The maximum atomic E-state index is 11.8. The summed E-state index contributed by atoms with van der Waals surface area (Å²) in [6.45, 7) is 0. The fraction of sp³-hybridized carbons (Fsp3) is 0.231. The lowest BCUT2D eigenvalue weighted by Crippen LogP contribution is -2.34. The number of esters is 1. The van der Waals surface area contributed by atoms with E-state index in [4.69, 9.17) is 14.4 Å². The van der Waals surface area contributed by atoms with Crippen LogP contribution >= 0.6 is 0 Å². The number of hydrogen-bond acceptors (Lipinski definition) is 5. The molecule has 0 radical (unpaired) electrons. The average Bonchev–Trinajstić information content (AvgIpc) is 2.78. The molecule has 21 heavy (non-hydrogen) atoms. The van der Waals surface area contributed by atoms with Gasteiger partial charge >= 0.3 is 11.9 Å². The molecule has 0 bridgehead atoms. The number of aliphatic carboxylic acids is 1. The lowest BCUT2D eigenvalue weighted by molar-refractivity contribution is -0.150. The van der Waals surface area contributed by atoms with Gasteiger partial charge < -0.3 is 9.84 Å². The molecule has 0 aliphatic heterocycles. The molecule has 0 saturated heterocycles. The largest absolute Gasteiger partial charge is 0.481 e. The minimum absolute atomic E-state index is 0.662. The SMILES string of the molecule is O=C(O)CC(C(=O)OC1C=Cc2ccccc21)S(=O)(=O)O. The van der Waals surface area contributed by atoms with Crippen molar-refractivity contribution in [3.63, 3.8) is 0 Å². The van der Waals surface area contributed by atoms with E-state index in [0.29, 0.717) is 5.56 Å². The van der Waals surface area contributed by atoms with Crippen molar-refractivity contribution >= 4 is 28.1 Å². The van der Waals surface area contributed by atoms with Crippen LogP contribution in [-0.2, 0) is 24.4 Å². The first-order valence-electron chi connectivity index (χ1n) is 5.95. The first kappa shape index (κ1) is 15.2. The normalized spacial score (nSPS) is 18.0. The van der Waals surface area contributed by atoms with Gasteiger partial charge in [-0.15, -0.1) is 0 Å². The Bertz CT molecular complexity index is 705. The van der Waals surface area contributed by atoms with Crippen molar-refractivity contribution < 1.29 is 32.4 Å². The van der Waals surface area contributed by atoms with Crippen LogP contribution in [0.1, 0.15) is 23.7 Å². The van der Waals surface area contributed by atoms with Crippen LogP contribution in [0.25, 0.3) is 6.08 Å². The van der Waals surface area contributed by atoms with Crippen LogP contribution in [-0.4, -0.2) is 35.3 Å². The summed E-state index contributed by atoms with van der Waals surface area (Å²) < 4.78 is 36.2. The van der Waals surface area contributed by atoms with E-state index in [1.807, 2.05) is 0 Å². The van der Waals surface area contributed by atoms with Gasteiger partial charge in [0, 0.05) is 5.56 Å². The molecule has 1 aliphatic carbocycles. The molecule has 1 aromatic carbocycles. The van der Waals surface area contributed by atoms with Crippen molar-refractivity contribution in [2.24, 2.45) is 0 Å². The van der Waals surface area contributed by atoms with Gasteiger partial charge in [0.2, 0.25) is 0 Å². The summed E-state index contributed by atoms with van der Waals surface area (Å²) in [4.78, 5) is 22.4. The zero-order valence-corrected chi connectivity index (χ0v) is 11.5. The van der Waals surface area contributed by atoms with Crippen molar-refractivity contribution in [1.29, 1.82) is 0 Å². The number of fused-ring (bicyclic) bond motifs is 1. The van der Waals surface area contributed by atoms with E-state index in [1.165, 1.54) is 0 Å². The third kappa shape index (κ3) is 3.47. The average molecular weight is 312 g/mol. The molecule has 2 unspecified atom stereocenters. The van der Waals surface area contributed by atoms with Crippen molar-refractivity contribution in [2.45, 2.75) is 17.8 Å². The van der Waals surface area contributed by atoms with Crippen LogP contribution in [0.4, 0.5) is 0 Å². The Morgan fingerprint density at radius 2 is 1.95 bits per heavy atom. The second kappa shape index (κ2) is 5.66. The Morgan fingerprint density at radius 1 is 1.29 bits per heavy atom. The Kier molecular flexibility index (Phi) is 4.10. The highest BCUT2D eigenvalue weighted by molar-refractivity contribution is 7.87. The van der Waals surface area contributed by atoms with E-state index in [0.717, 1.165) is 5.56 Å². The first-order valence-corrected chi connectivity index (χ1v) is 7.45. The van der Waals surface area contributed by atoms with Gasteiger partial charge in [-0.2, -0.15) is 8.42 Å². The van der Waals surface area contributed by atoms with E-state index < -0.39 is 39.8 Å². The van der Waals surface area contributed by atoms with Crippen LogP contribution < -0.4 is 0 Å². The fourth-order valence-electron chi connectivity index (χ4n) is 1.99. The molecular formula is C13H12O7S. The number of carbonyl (C=O) groups is 2. The Balaban J connectivity index is 2.17. The summed E-state index contributed by atoms with van der Waals surface area (Å²) in [5.74, 6) is -2.83. The van der Waals surface area contributed by atoms with Crippen molar-refractivity contribution in [3.05, 3.63) is 41.5 Å². The molecule has 2 atom stereocenters. The number of hydrogen-bond donors (Lipinski definition) is 2. The summed E-state index contributed by atoms with van der Waals surface area (Å²) in [7, 11) is -4.86. The van der Waals surface area contributed by atoms with Gasteiger partial charge in [0.05, 0.1) is 6.42 Å². The molecule has 7 nitrogen and oxygen atoms in total. The molecule has 0 amide bonds. The number of carboxylic acids is 1. The molecule has 112 valence electrons. The van der Waals surface area contributed by atoms with Crippen LogP contribution in [0.15, 0.2) is 30.3 Å². The highest BCUT2D eigenvalue weighted by atomic mass is 32.2. The third-order valence-electron chi connectivity index (χ3n) is 2.98. The Morgan fingerprint density at radius 3 is 2.57 bits per heavy atom. The van der Waals surface area contributed by atoms with Crippen molar-refractivity contribution in [3.8, 4) is 0 Å². The van der Waals surface area contributed by atoms with Gasteiger partial charge in [-0.05, 0) is 11.6 Å². The highest BCUT2D eigenvalue weighted by Gasteiger charge is 2.36. The molecular weight excluding hydrogens is 300 g/mol. The van der Waals surface area contributed by atoms with Crippen LogP contribution in [0, 0.1) is 0 Å². The molecule has 0 fully saturated rings. The lowest BCUT2D eigenvalue weighted by atomic mass is 10.1. The molecule has 0 heterocycles. The van der Waals surface area contributed by atoms with Crippen LogP contribution in [0.5, 0.6) is 0 Å². The maximum absolute atomic E-state index is 11.8. The van der Waals surface area contributed by atoms with E-state index in [9.17, 15) is 18.0 Å². The summed E-state index contributed by atoms with van der Waals surface area (Å²) in [6.07, 6.45) is 1.39. The smallest absolute Gasteiger partial charge is 0.328 e. The predicted molar refractivity (Wildman–Crippen MR) is 71.9 cm³/mol. The van der Waals surface area contributed by atoms with Crippen molar-refractivity contribution in [1.82, 2.24) is 0 Å². The van der Waals surface area contributed by atoms with E-state index in [1.54, 1.807) is 36.4 Å². The number of rotatable bonds is 5. The van der Waals surface area contributed by atoms with Gasteiger partial charge in [0.15, 0.2) is 5.25 Å². The monoisotopic (exact) mass is 312 g/mol. The Hall–Kier alpha value is -2.19. The van der Waals surface area contributed by atoms with E-state index >= 15 is 0 Å². The molecule has 0 spiro atoms. The third-order valence-corrected chi connectivity index (χ3v) is 4.06. The zero-order valence-electron chi connectivity index (χ0n) is 10.7. The lowest BCUT2D eigenvalue weighted by Gasteiger charge is -2.16. The summed E-state index contributed by atoms with van der Waals surface area (Å²) in [5.41, 5.74) is 1.48. The highest BCUT2D eigenvalue weighted by Crippen LogP contribution is 2.31. The second-order valence-corrected chi connectivity index (χ2v) is 6.05.